The van der Waals surface area contributed by atoms with E-state index < -0.39 is 14.3 Å². The fourth-order valence-electron chi connectivity index (χ4n) is 1.39. The quantitative estimate of drug-likeness (QED) is 0.641. The zero-order chi connectivity index (χ0) is 15.4. The van der Waals surface area contributed by atoms with Gasteiger partial charge in [-0.15, -0.1) is 0 Å². The highest BCUT2D eigenvalue weighted by atomic mass is 28.4. The van der Waals surface area contributed by atoms with Gasteiger partial charge in [0.2, 0.25) is 0 Å². The Kier molecular flexibility index (Phi) is 5.36. The molecule has 1 N–H and O–H groups in total. The van der Waals surface area contributed by atoms with E-state index in [-0.39, 0.29) is 10.6 Å². The molecule has 0 heterocycles. The minimum Gasteiger partial charge on any atom is -0.491 e. The van der Waals surface area contributed by atoms with Crippen molar-refractivity contribution in [1.29, 1.82) is 0 Å². The van der Waals surface area contributed by atoms with Gasteiger partial charge in [0.15, 0.2) is 8.32 Å². The maximum Gasteiger partial charge on any atom is 0.335 e. The molecule has 0 spiro atoms. The maximum atomic E-state index is 10.9. The van der Waals surface area contributed by atoms with Crippen LogP contribution in [0.1, 0.15) is 31.1 Å². The minimum absolute atomic E-state index is 0.177. The van der Waals surface area contributed by atoms with Gasteiger partial charge in [-0.05, 0) is 36.3 Å². The first kappa shape index (κ1) is 16.7. The summed E-state index contributed by atoms with van der Waals surface area (Å²) in [5, 5.41) is 9.08. The summed E-state index contributed by atoms with van der Waals surface area (Å²) in [5.74, 6) is -0.392. The number of rotatable bonds is 6. The Labute approximate surface area is 121 Å². The molecule has 0 aliphatic heterocycles. The van der Waals surface area contributed by atoms with Crippen LogP contribution < -0.4 is 4.74 Å². The van der Waals surface area contributed by atoms with Gasteiger partial charge in [0, 0.05) is 0 Å². The van der Waals surface area contributed by atoms with Crippen molar-refractivity contribution in [2.24, 2.45) is 0 Å². The van der Waals surface area contributed by atoms with Crippen molar-refractivity contribution in [3.05, 3.63) is 29.8 Å². The number of hydrogen-bond acceptors (Lipinski definition) is 3. The van der Waals surface area contributed by atoms with Crippen LogP contribution in [0.3, 0.4) is 0 Å². The average Bonchev–Trinajstić information content (AvgIpc) is 2.33. The highest BCUT2D eigenvalue weighted by Crippen LogP contribution is 2.36. The van der Waals surface area contributed by atoms with Gasteiger partial charge < -0.3 is 14.3 Å². The maximum absolute atomic E-state index is 10.9. The van der Waals surface area contributed by atoms with Gasteiger partial charge in [0.1, 0.15) is 12.4 Å². The molecule has 0 aromatic heterocycles. The van der Waals surface area contributed by atoms with E-state index in [0.717, 1.165) is 0 Å². The van der Waals surface area contributed by atoms with Crippen LogP contribution in [0.25, 0.3) is 0 Å². The van der Waals surface area contributed by atoms with Crippen molar-refractivity contribution in [3.8, 4) is 5.75 Å². The number of ether oxygens (including phenoxy) is 1. The number of carboxylic acid groups (broad SMARTS) is 1. The summed E-state index contributed by atoms with van der Waals surface area (Å²) in [6, 6.07) is 6.49. The van der Waals surface area contributed by atoms with Gasteiger partial charge in [0.25, 0.3) is 0 Å². The Hall–Kier alpha value is -1.33. The highest BCUT2D eigenvalue weighted by Gasteiger charge is 2.36. The van der Waals surface area contributed by atoms with Crippen LogP contribution in [0.4, 0.5) is 0 Å². The van der Waals surface area contributed by atoms with Crippen molar-refractivity contribution < 1.29 is 19.1 Å². The summed E-state index contributed by atoms with van der Waals surface area (Å²) < 4.78 is 11.5. The molecule has 0 aliphatic rings. The molecule has 112 valence electrons. The third-order valence-corrected chi connectivity index (χ3v) is 8.24. The van der Waals surface area contributed by atoms with Crippen LogP contribution in [0, 0.1) is 0 Å². The fourth-order valence-corrected chi connectivity index (χ4v) is 2.42. The molecule has 1 aromatic rings. The third kappa shape index (κ3) is 4.65. The molecule has 0 amide bonds. The van der Waals surface area contributed by atoms with E-state index in [9.17, 15) is 4.79 Å². The van der Waals surface area contributed by atoms with Crippen molar-refractivity contribution in [1.82, 2.24) is 0 Å². The Morgan fingerprint density at radius 1 is 1.25 bits per heavy atom. The molecule has 4 nitrogen and oxygen atoms in total. The standard InChI is InChI=1S/C15H24O4Si/c1-15(2,3)20(4,5)19-10-9-18-13-8-6-7-12(11-13)14(16)17/h6-8,11H,9-10H2,1-5H3,(H,16,17). The van der Waals surface area contributed by atoms with Gasteiger partial charge >= 0.3 is 5.97 Å². The molecular formula is C15H24O4Si. The predicted molar refractivity (Wildman–Crippen MR) is 82.0 cm³/mol. The van der Waals surface area contributed by atoms with Gasteiger partial charge in [-0.2, -0.15) is 0 Å². The van der Waals surface area contributed by atoms with Crippen LogP contribution in [0.15, 0.2) is 24.3 Å². The summed E-state index contributed by atoms with van der Waals surface area (Å²) >= 11 is 0. The zero-order valence-corrected chi connectivity index (χ0v) is 13.9. The van der Waals surface area contributed by atoms with E-state index in [2.05, 4.69) is 33.9 Å². The van der Waals surface area contributed by atoms with Crippen LogP contribution in [-0.2, 0) is 4.43 Å². The lowest BCUT2D eigenvalue weighted by atomic mass is 10.2. The van der Waals surface area contributed by atoms with E-state index in [1.54, 1.807) is 18.2 Å². The molecule has 0 saturated carbocycles. The molecule has 0 saturated heterocycles. The Balaban J connectivity index is 2.46. The fraction of sp³-hybridized carbons (Fsp3) is 0.533. The van der Waals surface area contributed by atoms with E-state index in [1.807, 2.05) is 0 Å². The van der Waals surface area contributed by atoms with E-state index in [1.165, 1.54) is 6.07 Å². The summed E-state index contributed by atoms with van der Waals surface area (Å²) in [6.45, 7) is 11.9. The SMILES string of the molecule is CC(C)(C)[Si](C)(C)OCCOc1cccc(C(=O)O)c1. The first-order chi connectivity index (χ1) is 9.13. The molecule has 20 heavy (non-hydrogen) atoms. The van der Waals surface area contributed by atoms with E-state index in [4.69, 9.17) is 14.3 Å². The molecule has 1 rings (SSSR count). The van der Waals surface area contributed by atoms with E-state index >= 15 is 0 Å². The lowest BCUT2D eigenvalue weighted by molar-refractivity contribution is 0.0696. The Morgan fingerprint density at radius 3 is 2.45 bits per heavy atom. The van der Waals surface area contributed by atoms with Crippen molar-refractivity contribution in [2.75, 3.05) is 13.2 Å². The molecule has 0 unspecified atom stereocenters. The number of aromatic carboxylic acids is 1. The second kappa shape index (κ2) is 6.41. The van der Waals surface area contributed by atoms with Crippen LogP contribution in [0.5, 0.6) is 5.75 Å². The second-order valence-corrected chi connectivity index (χ2v) is 11.1. The summed E-state index contributed by atoms with van der Waals surface area (Å²) in [7, 11) is -1.75. The molecule has 0 fully saturated rings. The monoisotopic (exact) mass is 296 g/mol. The minimum atomic E-state index is -1.75. The first-order valence-corrected chi connectivity index (χ1v) is 9.64. The van der Waals surface area contributed by atoms with Crippen LogP contribution in [0.2, 0.25) is 18.1 Å². The normalized spacial score (nSPS) is 12.2. The molecule has 0 radical (unpaired) electrons. The Morgan fingerprint density at radius 2 is 1.90 bits per heavy atom. The number of carbonyl (C=O) groups is 1. The van der Waals surface area contributed by atoms with Crippen molar-refractivity contribution >= 4 is 14.3 Å². The number of benzene rings is 1. The lowest BCUT2D eigenvalue weighted by Crippen LogP contribution is -2.41. The van der Waals surface area contributed by atoms with Gasteiger partial charge in [-0.1, -0.05) is 26.8 Å². The lowest BCUT2D eigenvalue weighted by Gasteiger charge is -2.36. The van der Waals surface area contributed by atoms with Gasteiger partial charge in [-0.25, -0.2) is 4.79 Å². The van der Waals surface area contributed by atoms with Gasteiger partial charge in [-0.3, -0.25) is 0 Å². The second-order valence-electron chi connectivity index (χ2n) is 6.29. The molecule has 5 heteroatoms. The zero-order valence-electron chi connectivity index (χ0n) is 12.9. The highest BCUT2D eigenvalue weighted by molar-refractivity contribution is 6.74. The smallest absolute Gasteiger partial charge is 0.335 e. The van der Waals surface area contributed by atoms with Crippen LogP contribution >= 0.6 is 0 Å². The molecule has 1 aromatic carbocycles. The summed E-state index contributed by atoms with van der Waals surface area (Å²) in [5.41, 5.74) is 0.229. The van der Waals surface area contributed by atoms with E-state index in [0.29, 0.717) is 19.0 Å². The first-order valence-electron chi connectivity index (χ1n) is 6.73. The summed E-state index contributed by atoms with van der Waals surface area (Å²) in [6.07, 6.45) is 0. The number of carboxylic acids is 1. The Bertz CT molecular complexity index is 463. The molecule has 0 aliphatic carbocycles. The largest absolute Gasteiger partial charge is 0.491 e. The molecule has 0 bridgehead atoms. The third-order valence-electron chi connectivity index (χ3n) is 3.70. The van der Waals surface area contributed by atoms with Crippen molar-refractivity contribution in [2.45, 2.75) is 38.9 Å². The molecular weight excluding hydrogens is 272 g/mol. The van der Waals surface area contributed by atoms with Gasteiger partial charge in [0.05, 0.1) is 12.2 Å². The van der Waals surface area contributed by atoms with Crippen LogP contribution in [-0.4, -0.2) is 32.6 Å². The van der Waals surface area contributed by atoms with Crippen molar-refractivity contribution in [3.63, 3.8) is 0 Å². The topological polar surface area (TPSA) is 55.8 Å². The number of hydrogen-bond donors (Lipinski definition) is 1. The molecule has 0 atom stereocenters. The predicted octanol–water partition coefficient (Wildman–Crippen LogP) is 3.79. The summed E-state index contributed by atoms with van der Waals surface area (Å²) in [4.78, 5) is 10.9. The average molecular weight is 296 g/mol.